The predicted octanol–water partition coefficient (Wildman–Crippen LogP) is 3.26. The molecule has 0 aliphatic heterocycles. The van der Waals surface area contributed by atoms with Crippen LogP contribution in [0.3, 0.4) is 0 Å². The molecular weight excluding hydrogens is 362 g/mol. The maximum absolute atomic E-state index is 12.6. The lowest BCUT2D eigenvalue weighted by Gasteiger charge is -2.26. The number of nitrogens with zero attached hydrogens (tertiary/aromatic N) is 3. The lowest BCUT2D eigenvalue weighted by Crippen LogP contribution is -2.39. The topological polar surface area (TPSA) is 93.0 Å². The molecule has 2 rings (SSSR count). The van der Waals surface area contributed by atoms with E-state index in [2.05, 4.69) is 0 Å². The van der Waals surface area contributed by atoms with Crippen molar-refractivity contribution in [1.29, 1.82) is 0 Å². The summed E-state index contributed by atoms with van der Waals surface area (Å²) < 4.78 is 5.11. The van der Waals surface area contributed by atoms with E-state index in [1.54, 1.807) is 31.1 Å². The molecule has 2 aromatic carbocycles. The Hall–Kier alpha value is -3.42. The lowest BCUT2D eigenvalue weighted by molar-refractivity contribution is -0.384. The second kappa shape index (κ2) is 8.98. The molecule has 0 aliphatic carbocycles. The van der Waals surface area contributed by atoms with Gasteiger partial charge in [0.2, 0.25) is 0 Å². The highest BCUT2D eigenvalue weighted by atomic mass is 16.6. The van der Waals surface area contributed by atoms with Crippen LogP contribution in [-0.4, -0.2) is 43.5 Å². The van der Waals surface area contributed by atoms with E-state index in [-0.39, 0.29) is 23.2 Å². The average Bonchev–Trinajstić information content (AvgIpc) is 2.66. The summed E-state index contributed by atoms with van der Waals surface area (Å²) in [5, 5.41) is 11.3. The molecule has 0 spiro atoms. The largest absolute Gasteiger partial charge is 0.452 e. The zero-order chi connectivity index (χ0) is 20.8. The summed E-state index contributed by atoms with van der Waals surface area (Å²) in [6.45, 7) is 3.25. The number of amides is 1. The van der Waals surface area contributed by atoms with Gasteiger partial charge in [0, 0.05) is 31.9 Å². The first-order chi connectivity index (χ1) is 13.2. The number of benzene rings is 2. The van der Waals surface area contributed by atoms with Gasteiger partial charge in [-0.15, -0.1) is 0 Å². The number of rotatable bonds is 7. The van der Waals surface area contributed by atoms with Crippen molar-refractivity contribution in [1.82, 2.24) is 0 Å². The first kappa shape index (κ1) is 20.9. The third kappa shape index (κ3) is 4.85. The van der Waals surface area contributed by atoms with Gasteiger partial charge in [0.15, 0.2) is 6.61 Å². The molecule has 0 N–H and O–H groups in total. The van der Waals surface area contributed by atoms with Gasteiger partial charge in [-0.25, -0.2) is 4.79 Å². The standard InChI is InChI=1S/C20H23N3O5/c1-14(2)22(16-8-6-5-7-9-16)19(24)13-28-20(25)15-10-11-17(21(3)4)18(12-15)23(26)27/h5-12,14H,13H2,1-4H3. The van der Waals surface area contributed by atoms with Crippen LogP contribution in [0.1, 0.15) is 24.2 Å². The monoisotopic (exact) mass is 385 g/mol. The number of carbonyl (C=O) groups excluding carboxylic acids is 2. The van der Waals surface area contributed by atoms with Crippen LogP contribution < -0.4 is 9.80 Å². The Morgan fingerprint density at radius 2 is 1.75 bits per heavy atom. The van der Waals surface area contributed by atoms with Crippen LogP contribution in [0.2, 0.25) is 0 Å². The van der Waals surface area contributed by atoms with Gasteiger partial charge in [-0.05, 0) is 38.1 Å². The van der Waals surface area contributed by atoms with Gasteiger partial charge < -0.3 is 14.5 Å². The molecule has 28 heavy (non-hydrogen) atoms. The molecule has 2 aromatic rings. The van der Waals surface area contributed by atoms with Crippen molar-refractivity contribution in [2.45, 2.75) is 19.9 Å². The Labute approximate surface area is 163 Å². The smallest absolute Gasteiger partial charge is 0.338 e. The fourth-order valence-electron chi connectivity index (χ4n) is 2.77. The van der Waals surface area contributed by atoms with Crippen LogP contribution >= 0.6 is 0 Å². The van der Waals surface area contributed by atoms with Crippen LogP contribution in [-0.2, 0) is 9.53 Å². The number of carbonyl (C=O) groups is 2. The fourth-order valence-corrected chi connectivity index (χ4v) is 2.77. The quantitative estimate of drug-likeness (QED) is 0.413. The van der Waals surface area contributed by atoms with Crippen molar-refractivity contribution in [3.8, 4) is 0 Å². The highest BCUT2D eigenvalue weighted by Gasteiger charge is 2.23. The first-order valence-electron chi connectivity index (χ1n) is 8.72. The van der Waals surface area contributed by atoms with Crippen molar-refractivity contribution in [2.75, 3.05) is 30.5 Å². The molecule has 8 heteroatoms. The van der Waals surface area contributed by atoms with Crippen molar-refractivity contribution >= 4 is 28.9 Å². The third-order valence-corrected chi connectivity index (χ3v) is 4.04. The normalized spacial score (nSPS) is 10.5. The summed E-state index contributed by atoms with van der Waals surface area (Å²) in [4.78, 5) is 38.7. The van der Waals surface area contributed by atoms with Crippen LogP contribution in [0.25, 0.3) is 0 Å². The summed E-state index contributed by atoms with van der Waals surface area (Å²) in [7, 11) is 3.34. The average molecular weight is 385 g/mol. The van der Waals surface area contributed by atoms with Gasteiger partial charge >= 0.3 is 5.97 Å². The van der Waals surface area contributed by atoms with Gasteiger partial charge in [-0.2, -0.15) is 0 Å². The Morgan fingerprint density at radius 1 is 1.11 bits per heavy atom. The zero-order valence-corrected chi connectivity index (χ0v) is 16.3. The second-order valence-electron chi connectivity index (χ2n) is 6.62. The van der Waals surface area contributed by atoms with Gasteiger partial charge in [0.25, 0.3) is 11.6 Å². The van der Waals surface area contributed by atoms with E-state index in [0.717, 1.165) is 6.07 Å². The first-order valence-corrected chi connectivity index (χ1v) is 8.72. The SMILES string of the molecule is CC(C)N(C(=O)COC(=O)c1ccc(N(C)C)c([N+](=O)[O-])c1)c1ccccc1. The minimum Gasteiger partial charge on any atom is -0.452 e. The summed E-state index contributed by atoms with van der Waals surface area (Å²) in [5.41, 5.74) is 0.872. The summed E-state index contributed by atoms with van der Waals surface area (Å²) >= 11 is 0. The predicted molar refractivity (Wildman–Crippen MR) is 107 cm³/mol. The molecule has 0 radical (unpaired) electrons. The fraction of sp³-hybridized carbons (Fsp3) is 0.300. The highest BCUT2D eigenvalue weighted by Crippen LogP contribution is 2.28. The summed E-state index contributed by atoms with van der Waals surface area (Å²) in [5.74, 6) is -1.17. The third-order valence-electron chi connectivity index (χ3n) is 4.04. The van der Waals surface area contributed by atoms with Gasteiger partial charge in [-0.3, -0.25) is 14.9 Å². The maximum atomic E-state index is 12.6. The van der Waals surface area contributed by atoms with E-state index in [4.69, 9.17) is 4.74 Å². The molecule has 0 unspecified atom stereocenters. The van der Waals surface area contributed by atoms with Crippen LogP contribution in [0, 0.1) is 10.1 Å². The van der Waals surface area contributed by atoms with Gasteiger partial charge in [0.05, 0.1) is 10.5 Å². The number of hydrogen-bond acceptors (Lipinski definition) is 6. The van der Waals surface area contributed by atoms with Crippen LogP contribution in [0.5, 0.6) is 0 Å². The number of nitro benzene ring substituents is 1. The van der Waals surface area contributed by atoms with Crippen molar-refractivity contribution < 1.29 is 19.2 Å². The molecular formula is C20H23N3O5. The second-order valence-corrected chi connectivity index (χ2v) is 6.62. The minimum absolute atomic E-state index is 0.0147. The molecule has 0 atom stereocenters. The van der Waals surface area contributed by atoms with Gasteiger partial charge in [0.1, 0.15) is 5.69 Å². The van der Waals surface area contributed by atoms with E-state index < -0.39 is 17.5 Å². The Morgan fingerprint density at radius 3 is 2.29 bits per heavy atom. The number of para-hydroxylation sites is 1. The van der Waals surface area contributed by atoms with E-state index in [0.29, 0.717) is 11.4 Å². The molecule has 0 bridgehead atoms. The van der Waals surface area contributed by atoms with Gasteiger partial charge in [-0.1, -0.05) is 18.2 Å². The number of esters is 1. The molecule has 0 heterocycles. The molecule has 0 saturated heterocycles. The van der Waals surface area contributed by atoms with E-state index in [9.17, 15) is 19.7 Å². The van der Waals surface area contributed by atoms with Crippen molar-refractivity contribution in [3.63, 3.8) is 0 Å². The number of ether oxygens (including phenoxy) is 1. The maximum Gasteiger partial charge on any atom is 0.338 e. The zero-order valence-electron chi connectivity index (χ0n) is 16.3. The number of nitro groups is 1. The van der Waals surface area contributed by atoms with E-state index in [1.165, 1.54) is 17.0 Å². The van der Waals surface area contributed by atoms with Crippen molar-refractivity contribution in [2.24, 2.45) is 0 Å². The Balaban J connectivity index is 2.14. The molecule has 148 valence electrons. The molecule has 8 nitrogen and oxygen atoms in total. The molecule has 0 fully saturated rings. The Bertz CT molecular complexity index is 865. The molecule has 0 aromatic heterocycles. The summed E-state index contributed by atoms with van der Waals surface area (Å²) in [6, 6.07) is 13.0. The van der Waals surface area contributed by atoms with E-state index in [1.807, 2.05) is 32.0 Å². The van der Waals surface area contributed by atoms with Crippen molar-refractivity contribution in [3.05, 3.63) is 64.2 Å². The molecule has 0 aliphatic rings. The Kier molecular flexibility index (Phi) is 6.70. The summed E-state index contributed by atoms with van der Waals surface area (Å²) in [6.07, 6.45) is 0. The minimum atomic E-state index is -0.793. The molecule has 1 amide bonds. The number of hydrogen-bond donors (Lipinski definition) is 0. The molecule has 0 saturated carbocycles. The van der Waals surface area contributed by atoms with Crippen LogP contribution in [0.4, 0.5) is 17.1 Å². The van der Waals surface area contributed by atoms with E-state index >= 15 is 0 Å². The lowest BCUT2D eigenvalue weighted by atomic mass is 10.1. The van der Waals surface area contributed by atoms with Crippen LogP contribution in [0.15, 0.2) is 48.5 Å². The highest BCUT2D eigenvalue weighted by molar-refractivity contribution is 5.98. The number of anilines is 2.